The number of benzene rings is 1. The van der Waals surface area contributed by atoms with Crippen LogP contribution in [0.4, 0.5) is 0 Å². The van der Waals surface area contributed by atoms with Gasteiger partial charge in [0.2, 0.25) is 5.41 Å². The van der Waals surface area contributed by atoms with Gasteiger partial charge in [0.05, 0.1) is 24.3 Å². The Bertz CT molecular complexity index is 870. The zero-order valence-corrected chi connectivity index (χ0v) is 17.2. The van der Waals surface area contributed by atoms with Crippen molar-refractivity contribution in [3.63, 3.8) is 0 Å². The molecule has 0 heterocycles. The van der Waals surface area contributed by atoms with Crippen molar-refractivity contribution in [1.29, 1.82) is 21.0 Å². The van der Waals surface area contributed by atoms with Gasteiger partial charge >= 0.3 is 0 Å². The maximum absolute atomic E-state index is 10.2. The summed E-state index contributed by atoms with van der Waals surface area (Å²) in [7, 11) is -0.974. The number of hydrogen-bond acceptors (Lipinski definition) is 6. The maximum Gasteiger partial charge on any atom is 0.228 e. The van der Waals surface area contributed by atoms with E-state index in [1.165, 1.54) is 7.11 Å². The molecule has 27 heavy (non-hydrogen) atoms. The molecular weight excluding hydrogens is 356 g/mol. The molecule has 0 unspecified atom stereocenters. The van der Waals surface area contributed by atoms with Crippen LogP contribution in [0.15, 0.2) is 30.3 Å². The van der Waals surface area contributed by atoms with Gasteiger partial charge in [-0.2, -0.15) is 21.0 Å². The molecule has 0 spiro atoms. The Kier molecular flexibility index (Phi) is 4.95. The lowest BCUT2D eigenvalue weighted by molar-refractivity contribution is -0.207. The van der Waals surface area contributed by atoms with Crippen molar-refractivity contribution < 1.29 is 9.16 Å². The third-order valence-electron chi connectivity index (χ3n) is 5.43. The lowest BCUT2D eigenvalue weighted by atomic mass is 9.56. The highest BCUT2D eigenvalue weighted by Crippen LogP contribution is 2.68. The Morgan fingerprint density at radius 2 is 1.37 bits per heavy atom. The van der Waals surface area contributed by atoms with Crippen LogP contribution >= 0.6 is 0 Å². The second-order valence-corrected chi connectivity index (χ2v) is 12.4. The predicted molar refractivity (Wildman–Crippen MR) is 99.9 cm³/mol. The van der Waals surface area contributed by atoms with E-state index in [4.69, 9.17) is 9.16 Å². The van der Waals surface area contributed by atoms with Crippen LogP contribution in [0, 0.1) is 56.2 Å². The number of hydrogen-bond donors (Lipinski definition) is 0. The SMILES string of the molecule is CO[C@@]1(O[Si](C)(C)C)C[C@](C)(c2ccccc2)C(C#N)(C#N)C1(C#N)C#N. The van der Waals surface area contributed by atoms with Crippen molar-refractivity contribution in [1.82, 2.24) is 0 Å². The fourth-order valence-electron chi connectivity index (χ4n) is 4.23. The van der Waals surface area contributed by atoms with Gasteiger partial charge in [0.25, 0.3) is 0 Å². The van der Waals surface area contributed by atoms with Gasteiger partial charge in [-0.25, -0.2) is 0 Å². The Labute approximate surface area is 161 Å². The molecule has 2 atom stereocenters. The minimum absolute atomic E-state index is 0.0347. The molecule has 1 fully saturated rings. The van der Waals surface area contributed by atoms with Gasteiger partial charge in [0.1, 0.15) is 0 Å². The zero-order chi connectivity index (χ0) is 20.6. The summed E-state index contributed by atoms with van der Waals surface area (Å²) in [5.41, 5.74) is -4.58. The topological polar surface area (TPSA) is 114 Å². The van der Waals surface area contributed by atoms with E-state index in [-0.39, 0.29) is 6.42 Å². The average molecular weight is 379 g/mol. The summed E-state index contributed by atoms with van der Waals surface area (Å²) in [6.45, 7) is 7.45. The number of rotatable bonds is 4. The van der Waals surface area contributed by atoms with E-state index in [2.05, 4.69) is 0 Å². The Morgan fingerprint density at radius 3 is 1.74 bits per heavy atom. The molecular formula is C20H22N4O2Si. The average Bonchev–Trinajstić information content (AvgIpc) is 2.83. The van der Waals surface area contributed by atoms with Crippen molar-refractivity contribution in [2.24, 2.45) is 10.8 Å². The fraction of sp³-hybridized carbons (Fsp3) is 0.500. The quantitative estimate of drug-likeness (QED) is 0.584. The van der Waals surface area contributed by atoms with E-state index in [0.717, 1.165) is 0 Å². The van der Waals surface area contributed by atoms with Crippen molar-refractivity contribution in [2.45, 2.75) is 44.2 Å². The molecule has 0 aromatic heterocycles. The summed E-state index contributed by atoms with van der Waals surface area (Å²) in [4.78, 5) is 0. The summed E-state index contributed by atoms with van der Waals surface area (Å²) < 4.78 is 12.0. The highest BCUT2D eigenvalue weighted by molar-refractivity contribution is 6.69. The minimum atomic E-state index is -2.33. The first-order valence-corrected chi connectivity index (χ1v) is 11.9. The van der Waals surface area contributed by atoms with Crippen LogP contribution in [-0.2, 0) is 14.6 Å². The summed E-state index contributed by atoms with van der Waals surface area (Å²) in [5, 5.41) is 40.6. The Hall–Kier alpha value is -2.68. The molecule has 0 bridgehead atoms. The van der Waals surface area contributed by atoms with E-state index >= 15 is 0 Å². The van der Waals surface area contributed by atoms with Crippen LogP contribution in [0.2, 0.25) is 19.6 Å². The molecule has 0 aliphatic heterocycles. The molecule has 0 radical (unpaired) electrons. The molecule has 1 aromatic rings. The smallest absolute Gasteiger partial charge is 0.228 e. The molecule has 0 N–H and O–H groups in total. The largest absolute Gasteiger partial charge is 0.389 e. The van der Waals surface area contributed by atoms with E-state index < -0.39 is 30.3 Å². The lowest BCUT2D eigenvalue weighted by Gasteiger charge is -2.42. The van der Waals surface area contributed by atoms with Crippen LogP contribution in [0.25, 0.3) is 0 Å². The highest BCUT2D eigenvalue weighted by Gasteiger charge is 2.82. The first-order valence-electron chi connectivity index (χ1n) is 8.53. The molecule has 2 rings (SSSR count). The molecule has 7 heteroatoms. The van der Waals surface area contributed by atoms with E-state index in [1.807, 2.05) is 50.0 Å². The van der Waals surface area contributed by atoms with Crippen molar-refractivity contribution in [3.05, 3.63) is 35.9 Å². The lowest BCUT2D eigenvalue weighted by Crippen LogP contribution is -2.57. The molecule has 1 saturated carbocycles. The van der Waals surface area contributed by atoms with E-state index in [0.29, 0.717) is 5.56 Å². The summed E-state index contributed by atoms with van der Waals surface area (Å²) >= 11 is 0. The second-order valence-electron chi connectivity index (χ2n) is 7.99. The molecule has 0 saturated heterocycles. The number of nitriles is 4. The number of ether oxygens (including phenoxy) is 1. The number of nitrogens with zero attached hydrogens (tertiary/aromatic N) is 4. The van der Waals surface area contributed by atoms with Gasteiger partial charge in [0.15, 0.2) is 19.5 Å². The third-order valence-corrected chi connectivity index (χ3v) is 6.37. The third kappa shape index (κ3) is 2.48. The molecule has 1 aromatic carbocycles. The van der Waals surface area contributed by atoms with Gasteiger partial charge in [0, 0.05) is 18.9 Å². The standard InChI is InChI=1S/C20H22N4O2Si/c1-17(16-9-7-6-8-10-16)11-20(25-2,26-27(3,4)5)19(14-23,15-24)18(17,12-21)13-22/h6-10H,11H2,1-5H3/t17-,20-/m1/s1. The summed E-state index contributed by atoms with van der Waals surface area (Å²) in [6, 6.07) is 17.0. The van der Waals surface area contributed by atoms with Crippen LogP contribution < -0.4 is 0 Å². The Morgan fingerprint density at radius 1 is 0.889 bits per heavy atom. The monoisotopic (exact) mass is 378 g/mol. The van der Waals surface area contributed by atoms with Gasteiger partial charge < -0.3 is 9.16 Å². The fourth-order valence-corrected chi connectivity index (χ4v) is 5.53. The minimum Gasteiger partial charge on any atom is -0.389 e. The van der Waals surface area contributed by atoms with E-state index in [9.17, 15) is 21.0 Å². The molecule has 6 nitrogen and oxygen atoms in total. The summed E-state index contributed by atoms with van der Waals surface area (Å²) in [5.74, 6) is -1.70. The summed E-state index contributed by atoms with van der Waals surface area (Å²) in [6.07, 6.45) is 0.0347. The first-order chi connectivity index (χ1) is 12.6. The highest BCUT2D eigenvalue weighted by atomic mass is 28.4. The van der Waals surface area contributed by atoms with Crippen molar-refractivity contribution in [2.75, 3.05) is 7.11 Å². The van der Waals surface area contributed by atoms with Crippen LogP contribution in [0.5, 0.6) is 0 Å². The maximum atomic E-state index is 10.2. The number of methoxy groups -OCH3 is 1. The predicted octanol–water partition coefficient (Wildman–Crippen LogP) is 3.61. The Balaban J connectivity index is 2.97. The molecule has 138 valence electrons. The normalized spacial score (nSPS) is 28.3. The molecule has 1 aliphatic carbocycles. The van der Waals surface area contributed by atoms with Crippen LogP contribution in [-0.4, -0.2) is 21.2 Å². The van der Waals surface area contributed by atoms with Crippen LogP contribution in [0.1, 0.15) is 18.9 Å². The van der Waals surface area contributed by atoms with Gasteiger partial charge in [-0.05, 0) is 25.2 Å². The second kappa shape index (κ2) is 6.49. The first kappa shape index (κ1) is 20.6. The van der Waals surface area contributed by atoms with Gasteiger partial charge in [-0.1, -0.05) is 37.3 Å². The van der Waals surface area contributed by atoms with E-state index in [1.54, 1.807) is 31.2 Å². The van der Waals surface area contributed by atoms with Crippen LogP contribution in [0.3, 0.4) is 0 Å². The molecule has 0 amide bonds. The van der Waals surface area contributed by atoms with Crippen molar-refractivity contribution in [3.8, 4) is 24.3 Å². The van der Waals surface area contributed by atoms with Gasteiger partial charge in [-0.15, -0.1) is 0 Å². The zero-order valence-electron chi connectivity index (χ0n) is 16.2. The molecule has 1 aliphatic rings. The van der Waals surface area contributed by atoms with Crippen molar-refractivity contribution >= 4 is 8.32 Å². The van der Waals surface area contributed by atoms with Gasteiger partial charge in [-0.3, -0.25) is 0 Å².